The average Bonchev–Trinajstić information content (AvgIpc) is 2.01. The lowest BCUT2D eigenvalue weighted by Gasteiger charge is -2.02. The van der Waals surface area contributed by atoms with Gasteiger partial charge in [-0.1, -0.05) is 23.2 Å². The van der Waals surface area contributed by atoms with Crippen molar-refractivity contribution >= 4 is 23.2 Å². The van der Waals surface area contributed by atoms with Crippen LogP contribution in [0.4, 0.5) is 4.39 Å². The van der Waals surface area contributed by atoms with Gasteiger partial charge in [-0.05, 0) is 13.1 Å². The molecule has 1 N–H and O–H groups in total. The van der Waals surface area contributed by atoms with E-state index in [1.54, 1.807) is 7.05 Å². The highest BCUT2D eigenvalue weighted by Gasteiger charge is 2.07. The predicted molar refractivity (Wildman–Crippen MR) is 47.0 cm³/mol. The third-order valence-corrected chi connectivity index (χ3v) is 1.92. The number of halogens is 3. The summed E-state index contributed by atoms with van der Waals surface area (Å²) in [5.41, 5.74) is 0.598. The Morgan fingerprint density at radius 2 is 2.17 bits per heavy atom. The summed E-state index contributed by atoms with van der Waals surface area (Å²) in [5.74, 6) is -0.550. The van der Waals surface area contributed by atoms with Crippen molar-refractivity contribution in [2.75, 3.05) is 7.05 Å². The topological polar surface area (TPSA) is 24.9 Å². The summed E-state index contributed by atoms with van der Waals surface area (Å²) < 4.78 is 12.8. The Labute approximate surface area is 79.7 Å². The average molecular weight is 209 g/mol. The molecule has 0 aliphatic rings. The first kappa shape index (κ1) is 9.71. The largest absolute Gasteiger partial charge is 0.316 e. The zero-order chi connectivity index (χ0) is 9.14. The van der Waals surface area contributed by atoms with Gasteiger partial charge in [0.05, 0.1) is 0 Å². The van der Waals surface area contributed by atoms with E-state index in [-0.39, 0.29) is 10.3 Å². The van der Waals surface area contributed by atoms with Crippen LogP contribution in [0.2, 0.25) is 10.3 Å². The van der Waals surface area contributed by atoms with Gasteiger partial charge in [0.15, 0.2) is 11.0 Å². The second-order valence-corrected chi connectivity index (χ2v) is 2.96. The minimum atomic E-state index is -0.550. The maximum atomic E-state index is 12.8. The van der Waals surface area contributed by atoms with Crippen LogP contribution in [0.15, 0.2) is 6.07 Å². The summed E-state index contributed by atoms with van der Waals surface area (Å²) in [5, 5.41) is 2.87. The highest BCUT2D eigenvalue weighted by molar-refractivity contribution is 6.32. The minimum Gasteiger partial charge on any atom is -0.316 e. The lowest BCUT2D eigenvalue weighted by atomic mass is 10.3. The van der Waals surface area contributed by atoms with Gasteiger partial charge >= 0.3 is 0 Å². The molecule has 0 saturated carbocycles. The Kier molecular flexibility index (Phi) is 3.26. The Morgan fingerprint density at radius 3 is 2.75 bits per heavy atom. The molecule has 66 valence electrons. The molecule has 0 bridgehead atoms. The van der Waals surface area contributed by atoms with E-state index in [1.807, 2.05) is 0 Å². The highest BCUT2D eigenvalue weighted by atomic mass is 35.5. The molecule has 5 heteroatoms. The van der Waals surface area contributed by atoms with Gasteiger partial charge in [-0.15, -0.1) is 0 Å². The maximum absolute atomic E-state index is 12.8. The fourth-order valence-electron chi connectivity index (χ4n) is 0.798. The van der Waals surface area contributed by atoms with Gasteiger partial charge in [-0.25, -0.2) is 9.37 Å². The molecule has 1 aromatic rings. The van der Waals surface area contributed by atoms with E-state index in [1.165, 1.54) is 6.07 Å². The molecule has 0 saturated heterocycles. The van der Waals surface area contributed by atoms with Gasteiger partial charge in [-0.3, -0.25) is 0 Å². The predicted octanol–water partition coefficient (Wildman–Crippen LogP) is 2.25. The van der Waals surface area contributed by atoms with E-state index < -0.39 is 5.82 Å². The quantitative estimate of drug-likeness (QED) is 0.755. The zero-order valence-electron chi connectivity index (χ0n) is 6.37. The van der Waals surface area contributed by atoms with Gasteiger partial charge < -0.3 is 5.32 Å². The number of aromatic nitrogens is 1. The van der Waals surface area contributed by atoms with Crippen LogP contribution < -0.4 is 5.32 Å². The van der Waals surface area contributed by atoms with Crippen molar-refractivity contribution in [1.82, 2.24) is 10.3 Å². The SMILES string of the molecule is CNCc1cc(F)c(Cl)nc1Cl. The zero-order valence-corrected chi connectivity index (χ0v) is 7.88. The first-order valence-corrected chi connectivity index (χ1v) is 4.05. The highest BCUT2D eigenvalue weighted by Crippen LogP contribution is 2.19. The number of nitrogens with one attached hydrogen (secondary N) is 1. The van der Waals surface area contributed by atoms with Crippen molar-refractivity contribution in [2.45, 2.75) is 6.54 Å². The molecule has 2 nitrogen and oxygen atoms in total. The fraction of sp³-hybridized carbons (Fsp3) is 0.286. The summed E-state index contributed by atoms with van der Waals surface area (Å²) in [4.78, 5) is 3.61. The third-order valence-electron chi connectivity index (χ3n) is 1.33. The normalized spacial score (nSPS) is 10.3. The van der Waals surface area contributed by atoms with E-state index in [4.69, 9.17) is 23.2 Å². The standard InChI is InChI=1S/C7H7Cl2FN2/c1-11-3-4-2-5(10)7(9)12-6(4)8/h2,11H,3H2,1H3. The molecule has 0 amide bonds. The van der Waals surface area contributed by atoms with E-state index in [9.17, 15) is 4.39 Å². The number of nitrogens with zero attached hydrogens (tertiary/aromatic N) is 1. The summed E-state index contributed by atoms with van der Waals surface area (Å²) in [6.07, 6.45) is 0. The van der Waals surface area contributed by atoms with Crippen molar-refractivity contribution in [3.8, 4) is 0 Å². The molecule has 0 aliphatic heterocycles. The van der Waals surface area contributed by atoms with Crippen LogP contribution >= 0.6 is 23.2 Å². The first-order valence-electron chi connectivity index (χ1n) is 3.30. The molecule has 1 heterocycles. The van der Waals surface area contributed by atoms with Crippen molar-refractivity contribution in [2.24, 2.45) is 0 Å². The molecular weight excluding hydrogens is 202 g/mol. The molecule has 0 aromatic carbocycles. The number of hydrogen-bond donors (Lipinski definition) is 1. The Bertz CT molecular complexity index is 291. The van der Waals surface area contributed by atoms with Crippen LogP contribution in [-0.2, 0) is 6.54 Å². The summed E-state index contributed by atoms with van der Waals surface area (Å²) in [6, 6.07) is 1.27. The fourth-order valence-corrected chi connectivity index (χ4v) is 1.19. The lowest BCUT2D eigenvalue weighted by Crippen LogP contribution is -2.06. The van der Waals surface area contributed by atoms with Crippen molar-refractivity contribution < 1.29 is 4.39 Å². The van der Waals surface area contributed by atoms with Crippen LogP contribution in [0.1, 0.15) is 5.56 Å². The second kappa shape index (κ2) is 4.03. The molecule has 0 radical (unpaired) electrons. The Hall–Kier alpha value is -0.380. The number of hydrogen-bond acceptors (Lipinski definition) is 2. The molecule has 0 aliphatic carbocycles. The number of pyridine rings is 1. The maximum Gasteiger partial charge on any atom is 0.166 e. The smallest absolute Gasteiger partial charge is 0.166 e. The van der Waals surface area contributed by atoms with Crippen molar-refractivity contribution in [3.05, 3.63) is 27.8 Å². The first-order chi connectivity index (χ1) is 5.65. The molecular formula is C7H7Cl2FN2. The Morgan fingerprint density at radius 1 is 1.50 bits per heavy atom. The second-order valence-electron chi connectivity index (χ2n) is 2.24. The van der Waals surface area contributed by atoms with E-state index >= 15 is 0 Å². The number of rotatable bonds is 2. The molecule has 1 aromatic heterocycles. The summed E-state index contributed by atoms with van der Waals surface area (Å²) in [7, 11) is 1.74. The molecule has 0 atom stereocenters. The van der Waals surface area contributed by atoms with Gasteiger partial charge in [-0.2, -0.15) is 0 Å². The summed E-state index contributed by atoms with van der Waals surface area (Å²) >= 11 is 11.1. The van der Waals surface area contributed by atoms with Crippen LogP contribution in [-0.4, -0.2) is 12.0 Å². The van der Waals surface area contributed by atoms with Crippen LogP contribution in [0.5, 0.6) is 0 Å². The van der Waals surface area contributed by atoms with Crippen LogP contribution in [0.25, 0.3) is 0 Å². The van der Waals surface area contributed by atoms with Gasteiger partial charge in [0.1, 0.15) is 5.15 Å². The van der Waals surface area contributed by atoms with Gasteiger partial charge in [0.25, 0.3) is 0 Å². The molecule has 0 unspecified atom stereocenters. The minimum absolute atomic E-state index is 0.195. The van der Waals surface area contributed by atoms with Crippen LogP contribution in [0.3, 0.4) is 0 Å². The van der Waals surface area contributed by atoms with E-state index in [0.29, 0.717) is 12.1 Å². The van der Waals surface area contributed by atoms with E-state index in [0.717, 1.165) is 0 Å². The monoisotopic (exact) mass is 208 g/mol. The molecule has 0 spiro atoms. The summed E-state index contributed by atoms with van der Waals surface area (Å²) in [6.45, 7) is 0.472. The van der Waals surface area contributed by atoms with Gasteiger partial charge in [0.2, 0.25) is 0 Å². The molecule has 12 heavy (non-hydrogen) atoms. The lowest BCUT2D eigenvalue weighted by molar-refractivity contribution is 0.617. The van der Waals surface area contributed by atoms with Gasteiger partial charge in [0, 0.05) is 12.1 Å². The molecule has 1 rings (SSSR count). The Balaban J connectivity index is 3.05. The molecule has 0 fully saturated rings. The van der Waals surface area contributed by atoms with Crippen LogP contribution in [0, 0.1) is 5.82 Å². The van der Waals surface area contributed by atoms with Crippen molar-refractivity contribution in [1.29, 1.82) is 0 Å². The van der Waals surface area contributed by atoms with E-state index in [2.05, 4.69) is 10.3 Å². The van der Waals surface area contributed by atoms with Crippen molar-refractivity contribution in [3.63, 3.8) is 0 Å². The third kappa shape index (κ3) is 2.06.